The summed E-state index contributed by atoms with van der Waals surface area (Å²) in [5.41, 5.74) is 8.22. The SMILES string of the molecule is Cc1c(-c2ccn3c(=O)c(CNCCO)cnc3c2)cccc1-c1cccc(COc2cc(OCc3cncc(C#N)c3)c(CNCCO)cc2Cl)c1Cl. The molecule has 0 saturated heterocycles. The molecule has 0 atom stereocenters. The molecule has 54 heavy (non-hydrogen) atoms. The van der Waals surface area contributed by atoms with Gasteiger partial charge in [0.25, 0.3) is 5.56 Å². The molecule has 0 aliphatic carbocycles. The molecule has 276 valence electrons. The third-order valence-corrected chi connectivity index (χ3v) is 9.56. The van der Waals surface area contributed by atoms with E-state index in [-0.39, 0.29) is 32.0 Å². The Morgan fingerprint density at radius 3 is 2.31 bits per heavy atom. The standard InChI is InChI=1S/C41H38Cl2N6O5/c1-26-33(29-8-11-49-39(16-29)48-23-32(41(49)52)22-46-10-13-51)5-3-6-34(26)35-7-2-4-30(40(35)43)25-54-38-17-37(31(15-36(38)42)21-45-9-12-50)53-24-28-14-27(18-44)19-47-20-28/h2-8,11,14-17,19-20,23,45-46,50-51H,9-10,12-13,21-22,24-25H2,1H3. The predicted octanol–water partition coefficient (Wildman–Crippen LogP) is 6.23. The Bertz CT molecular complexity index is 2380. The summed E-state index contributed by atoms with van der Waals surface area (Å²) in [4.78, 5) is 21.7. The molecule has 0 bridgehead atoms. The minimum absolute atomic E-state index is 0.0129. The zero-order chi connectivity index (χ0) is 38.0. The Kier molecular flexibility index (Phi) is 12.9. The van der Waals surface area contributed by atoms with Crippen molar-refractivity contribution < 1.29 is 19.7 Å². The number of aromatic nitrogens is 3. The van der Waals surface area contributed by atoms with E-state index >= 15 is 0 Å². The number of hydrogen-bond acceptors (Lipinski definition) is 10. The second-order valence-electron chi connectivity index (χ2n) is 12.5. The number of benzene rings is 3. The average Bonchev–Trinajstić information content (AvgIpc) is 3.19. The summed E-state index contributed by atoms with van der Waals surface area (Å²) in [6.07, 6.45) is 6.44. The number of ether oxygens (including phenoxy) is 2. The second-order valence-corrected chi connectivity index (χ2v) is 13.2. The number of nitrogens with one attached hydrogen (secondary N) is 2. The van der Waals surface area contributed by atoms with Gasteiger partial charge < -0.3 is 30.3 Å². The summed E-state index contributed by atoms with van der Waals surface area (Å²) in [6, 6.07) is 22.9. The lowest BCUT2D eigenvalue weighted by Gasteiger charge is -2.18. The Hall–Kier alpha value is -5.32. The van der Waals surface area contributed by atoms with Crippen LogP contribution in [0, 0.1) is 18.3 Å². The maximum absolute atomic E-state index is 13.1. The monoisotopic (exact) mass is 764 g/mol. The zero-order valence-corrected chi connectivity index (χ0v) is 31.0. The molecule has 6 aromatic rings. The molecular weight excluding hydrogens is 727 g/mol. The van der Waals surface area contributed by atoms with E-state index in [1.807, 2.05) is 55.5 Å². The molecule has 3 aromatic carbocycles. The van der Waals surface area contributed by atoms with Gasteiger partial charge in [0.15, 0.2) is 0 Å². The normalized spacial score (nSPS) is 11.1. The second kappa shape index (κ2) is 18.1. The van der Waals surface area contributed by atoms with Crippen LogP contribution < -0.4 is 25.7 Å². The van der Waals surface area contributed by atoms with Crippen molar-refractivity contribution in [3.05, 3.63) is 145 Å². The lowest BCUT2D eigenvalue weighted by atomic mass is 9.92. The number of halogens is 2. The first-order valence-electron chi connectivity index (χ1n) is 17.2. The summed E-state index contributed by atoms with van der Waals surface area (Å²) in [7, 11) is 0. The molecule has 0 fully saturated rings. The van der Waals surface area contributed by atoms with Crippen molar-refractivity contribution in [2.24, 2.45) is 0 Å². The predicted molar refractivity (Wildman–Crippen MR) is 209 cm³/mol. The van der Waals surface area contributed by atoms with Crippen molar-refractivity contribution in [1.29, 1.82) is 5.26 Å². The van der Waals surface area contributed by atoms with Gasteiger partial charge in [-0.05, 0) is 53.4 Å². The molecule has 3 aromatic heterocycles. The molecule has 4 N–H and O–H groups in total. The largest absolute Gasteiger partial charge is 0.488 e. The van der Waals surface area contributed by atoms with E-state index in [9.17, 15) is 15.2 Å². The van der Waals surface area contributed by atoms with Gasteiger partial charge in [-0.15, -0.1) is 0 Å². The lowest BCUT2D eigenvalue weighted by Crippen LogP contribution is -2.26. The number of fused-ring (bicyclic) bond motifs is 1. The van der Waals surface area contributed by atoms with Crippen molar-refractivity contribution in [1.82, 2.24) is 25.0 Å². The number of aliphatic hydroxyl groups excluding tert-OH is 2. The van der Waals surface area contributed by atoms with E-state index in [1.165, 1.54) is 10.6 Å². The molecule has 0 saturated carbocycles. The minimum Gasteiger partial charge on any atom is -0.488 e. The number of nitriles is 1. The van der Waals surface area contributed by atoms with E-state index in [0.29, 0.717) is 64.5 Å². The molecule has 0 spiro atoms. The van der Waals surface area contributed by atoms with Crippen LogP contribution in [0.5, 0.6) is 11.5 Å². The summed E-state index contributed by atoms with van der Waals surface area (Å²) in [6.45, 7) is 3.81. The molecule has 6 rings (SSSR count). The lowest BCUT2D eigenvalue weighted by molar-refractivity contribution is 0.282. The van der Waals surface area contributed by atoms with Gasteiger partial charge in [-0.2, -0.15) is 5.26 Å². The fourth-order valence-electron chi connectivity index (χ4n) is 6.05. The van der Waals surface area contributed by atoms with Crippen LogP contribution in [0.15, 0.2) is 96.3 Å². The number of pyridine rings is 2. The molecule has 0 aliphatic heterocycles. The molecular formula is C41H38Cl2N6O5. The van der Waals surface area contributed by atoms with Gasteiger partial charge in [-0.1, -0.05) is 59.6 Å². The molecule has 0 radical (unpaired) electrons. The van der Waals surface area contributed by atoms with Crippen LogP contribution in [0.25, 0.3) is 27.9 Å². The van der Waals surface area contributed by atoms with Crippen LogP contribution in [0.2, 0.25) is 10.0 Å². The van der Waals surface area contributed by atoms with Crippen LogP contribution in [0.3, 0.4) is 0 Å². The quantitative estimate of drug-likeness (QED) is 0.0834. The van der Waals surface area contributed by atoms with Crippen LogP contribution >= 0.6 is 23.2 Å². The zero-order valence-electron chi connectivity index (χ0n) is 29.5. The Labute approximate surface area is 322 Å². The maximum Gasteiger partial charge on any atom is 0.262 e. The molecule has 3 heterocycles. The Morgan fingerprint density at radius 1 is 0.815 bits per heavy atom. The van der Waals surface area contributed by atoms with Crippen molar-refractivity contribution in [3.63, 3.8) is 0 Å². The Morgan fingerprint density at radius 2 is 1.54 bits per heavy atom. The Balaban J connectivity index is 1.24. The summed E-state index contributed by atoms with van der Waals surface area (Å²) < 4.78 is 13.9. The molecule has 0 aliphatic rings. The average molecular weight is 766 g/mol. The van der Waals surface area contributed by atoms with E-state index in [4.69, 9.17) is 37.8 Å². The highest BCUT2D eigenvalue weighted by Gasteiger charge is 2.17. The summed E-state index contributed by atoms with van der Waals surface area (Å²) in [5, 5.41) is 34.7. The third kappa shape index (κ3) is 8.89. The van der Waals surface area contributed by atoms with Crippen LogP contribution in [-0.4, -0.2) is 50.9 Å². The van der Waals surface area contributed by atoms with Crippen molar-refractivity contribution in [3.8, 4) is 39.8 Å². The van der Waals surface area contributed by atoms with Gasteiger partial charge in [-0.3, -0.25) is 14.2 Å². The fourth-order valence-corrected chi connectivity index (χ4v) is 6.57. The summed E-state index contributed by atoms with van der Waals surface area (Å²) in [5.74, 6) is 0.928. The van der Waals surface area contributed by atoms with Crippen LogP contribution in [-0.2, 0) is 26.3 Å². The van der Waals surface area contributed by atoms with E-state index in [2.05, 4.69) is 26.7 Å². The first kappa shape index (κ1) is 38.4. The maximum atomic E-state index is 13.1. The van der Waals surface area contributed by atoms with E-state index in [0.717, 1.165) is 44.5 Å². The fraction of sp³-hybridized carbons (Fsp3) is 0.220. The molecule has 0 unspecified atom stereocenters. The highest BCUT2D eigenvalue weighted by Crippen LogP contribution is 2.38. The summed E-state index contributed by atoms with van der Waals surface area (Å²) >= 11 is 13.8. The van der Waals surface area contributed by atoms with Gasteiger partial charge in [0.2, 0.25) is 0 Å². The van der Waals surface area contributed by atoms with Gasteiger partial charge in [-0.25, -0.2) is 4.98 Å². The highest BCUT2D eigenvalue weighted by molar-refractivity contribution is 6.34. The number of nitrogens with zero attached hydrogens (tertiary/aromatic N) is 4. The molecule has 0 amide bonds. The van der Waals surface area contributed by atoms with Gasteiger partial charge in [0.05, 0.1) is 28.8 Å². The van der Waals surface area contributed by atoms with Gasteiger partial charge in [0.1, 0.15) is 36.4 Å². The third-order valence-electron chi connectivity index (χ3n) is 8.82. The number of hydrogen-bond donors (Lipinski definition) is 4. The molecule has 13 heteroatoms. The van der Waals surface area contributed by atoms with Gasteiger partial charge >= 0.3 is 0 Å². The van der Waals surface area contributed by atoms with Crippen molar-refractivity contribution >= 4 is 28.8 Å². The van der Waals surface area contributed by atoms with Gasteiger partial charge in [0, 0.05) is 84.9 Å². The van der Waals surface area contributed by atoms with Crippen LogP contribution in [0.1, 0.15) is 33.4 Å². The number of aliphatic hydroxyl groups is 2. The number of rotatable bonds is 16. The topological polar surface area (TPSA) is 154 Å². The minimum atomic E-state index is -0.163. The smallest absolute Gasteiger partial charge is 0.262 e. The highest BCUT2D eigenvalue weighted by atomic mass is 35.5. The molecule has 11 nitrogen and oxygen atoms in total. The van der Waals surface area contributed by atoms with Crippen molar-refractivity contribution in [2.45, 2.75) is 33.2 Å². The first-order valence-corrected chi connectivity index (χ1v) is 18.0. The van der Waals surface area contributed by atoms with E-state index < -0.39 is 0 Å². The van der Waals surface area contributed by atoms with Crippen molar-refractivity contribution in [2.75, 3.05) is 26.3 Å². The first-order chi connectivity index (χ1) is 26.3. The van der Waals surface area contributed by atoms with Crippen LogP contribution in [0.4, 0.5) is 0 Å². The van der Waals surface area contributed by atoms with E-state index in [1.54, 1.807) is 36.8 Å².